The monoisotopic (exact) mass is 237 g/mol. The van der Waals surface area contributed by atoms with Gasteiger partial charge in [-0.1, -0.05) is 6.07 Å². The van der Waals surface area contributed by atoms with E-state index in [-0.39, 0.29) is 6.10 Å². The number of pyridine rings is 1. The SMILES string of the molecule is Cc1cncc(C(O)CC2CCSCC2)c1. The number of aliphatic hydroxyl groups is 1. The number of thioether (sulfide) groups is 1. The minimum absolute atomic E-state index is 0.333. The van der Waals surface area contributed by atoms with Crippen molar-refractivity contribution >= 4 is 11.8 Å². The predicted octanol–water partition coefficient (Wildman–Crippen LogP) is 2.96. The summed E-state index contributed by atoms with van der Waals surface area (Å²) in [6.45, 7) is 2.01. The van der Waals surface area contributed by atoms with Gasteiger partial charge >= 0.3 is 0 Å². The topological polar surface area (TPSA) is 33.1 Å². The molecule has 0 aliphatic carbocycles. The average molecular weight is 237 g/mol. The number of hydrogen-bond donors (Lipinski definition) is 1. The molecule has 1 atom stereocenters. The van der Waals surface area contributed by atoms with Crippen LogP contribution in [0.5, 0.6) is 0 Å². The maximum atomic E-state index is 10.2. The summed E-state index contributed by atoms with van der Waals surface area (Å²) >= 11 is 2.03. The van der Waals surface area contributed by atoms with Gasteiger partial charge in [0.1, 0.15) is 0 Å². The minimum Gasteiger partial charge on any atom is -0.388 e. The summed E-state index contributed by atoms with van der Waals surface area (Å²) in [5, 5.41) is 10.2. The molecular formula is C13H19NOS. The molecule has 1 aromatic heterocycles. The second-order valence-electron chi connectivity index (χ2n) is 4.60. The van der Waals surface area contributed by atoms with Gasteiger partial charge < -0.3 is 5.11 Å². The molecule has 2 heterocycles. The second-order valence-corrected chi connectivity index (χ2v) is 5.83. The van der Waals surface area contributed by atoms with Crippen LogP contribution in [0.15, 0.2) is 18.5 Å². The third-order valence-electron chi connectivity index (χ3n) is 3.18. The highest BCUT2D eigenvalue weighted by Crippen LogP contribution is 2.30. The number of hydrogen-bond acceptors (Lipinski definition) is 3. The van der Waals surface area contributed by atoms with Crippen LogP contribution in [0.1, 0.15) is 36.5 Å². The predicted molar refractivity (Wildman–Crippen MR) is 68.6 cm³/mol. The lowest BCUT2D eigenvalue weighted by atomic mass is 9.93. The average Bonchev–Trinajstić information content (AvgIpc) is 2.30. The lowest BCUT2D eigenvalue weighted by Gasteiger charge is -2.23. The fourth-order valence-corrected chi connectivity index (χ4v) is 3.40. The lowest BCUT2D eigenvalue weighted by Crippen LogP contribution is -2.13. The number of rotatable bonds is 3. The Balaban J connectivity index is 1.94. The molecule has 88 valence electrons. The molecule has 1 aliphatic rings. The van der Waals surface area contributed by atoms with Crippen molar-refractivity contribution in [2.75, 3.05) is 11.5 Å². The highest BCUT2D eigenvalue weighted by Gasteiger charge is 2.18. The van der Waals surface area contributed by atoms with E-state index in [1.54, 1.807) is 6.20 Å². The fourth-order valence-electron chi connectivity index (χ4n) is 2.19. The highest BCUT2D eigenvalue weighted by atomic mass is 32.2. The van der Waals surface area contributed by atoms with Crippen molar-refractivity contribution in [3.05, 3.63) is 29.6 Å². The summed E-state index contributed by atoms with van der Waals surface area (Å²) in [6.07, 6.45) is 6.68. The molecule has 0 aromatic carbocycles. The quantitative estimate of drug-likeness (QED) is 0.877. The van der Waals surface area contributed by atoms with Gasteiger partial charge in [-0.2, -0.15) is 11.8 Å². The smallest absolute Gasteiger partial charge is 0.0807 e. The Morgan fingerprint density at radius 1 is 1.44 bits per heavy atom. The molecule has 1 saturated heterocycles. The van der Waals surface area contributed by atoms with Crippen molar-refractivity contribution < 1.29 is 5.11 Å². The Kier molecular flexibility index (Phi) is 4.24. The first-order chi connectivity index (χ1) is 7.75. The van der Waals surface area contributed by atoms with Crippen LogP contribution in [-0.2, 0) is 0 Å². The normalized spacial score (nSPS) is 19.6. The third-order valence-corrected chi connectivity index (χ3v) is 4.23. The molecule has 0 saturated carbocycles. The molecule has 1 fully saturated rings. The number of aliphatic hydroxyl groups excluding tert-OH is 1. The summed E-state index contributed by atoms with van der Waals surface area (Å²) < 4.78 is 0. The van der Waals surface area contributed by atoms with Crippen molar-refractivity contribution in [1.29, 1.82) is 0 Å². The van der Waals surface area contributed by atoms with Crippen molar-refractivity contribution in [2.45, 2.75) is 32.3 Å². The van der Waals surface area contributed by atoms with Crippen LogP contribution in [-0.4, -0.2) is 21.6 Å². The molecule has 1 unspecified atom stereocenters. The van der Waals surface area contributed by atoms with Gasteiger partial charge in [0.2, 0.25) is 0 Å². The molecule has 0 spiro atoms. The molecule has 1 N–H and O–H groups in total. The lowest BCUT2D eigenvalue weighted by molar-refractivity contribution is 0.140. The standard InChI is InChI=1S/C13H19NOS/c1-10-6-12(9-14-8-10)13(15)7-11-2-4-16-5-3-11/h6,8-9,11,13,15H,2-5,7H2,1H3. The van der Waals surface area contributed by atoms with E-state index in [1.165, 1.54) is 24.3 Å². The van der Waals surface area contributed by atoms with E-state index in [2.05, 4.69) is 4.98 Å². The summed E-state index contributed by atoms with van der Waals surface area (Å²) in [4.78, 5) is 4.13. The van der Waals surface area contributed by atoms with Crippen LogP contribution in [0.3, 0.4) is 0 Å². The van der Waals surface area contributed by atoms with Crippen LogP contribution in [0.25, 0.3) is 0 Å². The summed E-state index contributed by atoms with van der Waals surface area (Å²) in [6, 6.07) is 2.04. The third kappa shape index (κ3) is 3.22. The van der Waals surface area contributed by atoms with E-state index in [0.717, 1.165) is 17.5 Å². The zero-order valence-electron chi connectivity index (χ0n) is 9.72. The largest absolute Gasteiger partial charge is 0.388 e. The molecule has 16 heavy (non-hydrogen) atoms. The summed E-state index contributed by atoms with van der Waals surface area (Å²) in [5.41, 5.74) is 2.09. The molecule has 3 heteroatoms. The Hall–Kier alpha value is -0.540. The molecule has 1 aliphatic heterocycles. The Morgan fingerprint density at radius 2 is 2.19 bits per heavy atom. The van der Waals surface area contributed by atoms with Crippen molar-refractivity contribution in [3.63, 3.8) is 0 Å². The van der Waals surface area contributed by atoms with Crippen LogP contribution in [0, 0.1) is 12.8 Å². The van der Waals surface area contributed by atoms with E-state index in [1.807, 2.05) is 30.9 Å². The first-order valence-electron chi connectivity index (χ1n) is 5.93. The van der Waals surface area contributed by atoms with E-state index in [0.29, 0.717) is 5.92 Å². The van der Waals surface area contributed by atoms with Crippen molar-refractivity contribution in [3.8, 4) is 0 Å². The molecule has 1 aromatic rings. The number of aromatic nitrogens is 1. The summed E-state index contributed by atoms with van der Waals surface area (Å²) in [7, 11) is 0. The van der Waals surface area contributed by atoms with Crippen LogP contribution < -0.4 is 0 Å². The van der Waals surface area contributed by atoms with Gasteiger partial charge in [0.15, 0.2) is 0 Å². The van der Waals surface area contributed by atoms with Crippen molar-refractivity contribution in [1.82, 2.24) is 4.98 Å². The number of nitrogens with zero attached hydrogens (tertiary/aromatic N) is 1. The summed E-state index contributed by atoms with van der Waals surface area (Å²) in [5.74, 6) is 3.20. The van der Waals surface area contributed by atoms with Gasteiger partial charge in [0.05, 0.1) is 6.10 Å². The first kappa shape index (κ1) is 11.9. The highest BCUT2D eigenvalue weighted by molar-refractivity contribution is 7.99. The van der Waals surface area contributed by atoms with Crippen LogP contribution in [0.4, 0.5) is 0 Å². The molecular weight excluding hydrogens is 218 g/mol. The molecule has 0 amide bonds. The van der Waals surface area contributed by atoms with E-state index in [4.69, 9.17) is 0 Å². The molecule has 2 nitrogen and oxygen atoms in total. The molecule has 0 radical (unpaired) electrons. The Bertz CT molecular complexity index is 336. The second kappa shape index (κ2) is 5.69. The van der Waals surface area contributed by atoms with Gasteiger partial charge in [-0.05, 0) is 54.7 Å². The zero-order chi connectivity index (χ0) is 11.4. The van der Waals surface area contributed by atoms with E-state index < -0.39 is 0 Å². The maximum Gasteiger partial charge on any atom is 0.0807 e. The van der Waals surface area contributed by atoms with Crippen LogP contribution >= 0.6 is 11.8 Å². The van der Waals surface area contributed by atoms with E-state index in [9.17, 15) is 5.11 Å². The first-order valence-corrected chi connectivity index (χ1v) is 7.08. The minimum atomic E-state index is -0.333. The van der Waals surface area contributed by atoms with Gasteiger partial charge in [-0.3, -0.25) is 4.98 Å². The van der Waals surface area contributed by atoms with Gasteiger partial charge in [-0.15, -0.1) is 0 Å². The zero-order valence-corrected chi connectivity index (χ0v) is 10.5. The fraction of sp³-hybridized carbons (Fsp3) is 0.615. The number of aryl methyl sites for hydroxylation is 1. The Labute approximate surface area is 101 Å². The maximum absolute atomic E-state index is 10.2. The van der Waals surface area contributed by atoms with Crippen molar-refractivity contribution in [2.24, 2.45) is 5.92 Å². The molecule has 0 bridgehead atoms. The van der Waals surface area contributed by atoms with Crippen LogP contribution in [0.2, 0.25) is 0 Å². The van der Waals surface area contributed by atoms with Gasteiger partial charge in [0, 0.05) is 12.4 Å². The van der Waals surface area contributed by atoms with Gasteiger partial charge in [0.25, 0.3) is 0 Å². The van der Waals surface area contributed by atoms with E-state index >= 15 is 0 Å². The van der Waals surface area contributed by atoms with Gasteiger partial charge in [-0.25, -0.2) is 0 Å². The Morgan fingerprint density at radius 3 is 2.88 bits per heavy atom. The molecule has 2 rings (SSSR count).